The van der Waals surface area contributed by atoms with Gasteiger partial charge < -0.3 is 0 Å². The zero-order valence-corrected chi connectivity index (χ0v) is 10.5. The van der Waals surface area contributed by atoms with Crippen LogP contribution in [0.4, 0.5) is 0 Å². The van der Waals surface area contributed by atoms with Gasteiger partial charge in [-0.25, -0.2) is 9.78 Å². The predicted molar refractivity (Wildman–Crippen MR) is 60.5 cm³/mol. The Labute approximate surface area is 98.1 Å². The normalized spacial score (nSPS) is 21.4. The summed E-state index contributed by atoms with van der Waals surface area (Å²) in [4.78, 5) is 21.2. The number of hydrogen-bond acceptors (Lipinski definition) is 4. The van der Waals surface area contributed by atoms with Gasteiger partial charge in [0.25, 0.3) is 0 Å². The largest absolute Gasteiger partial charge is 0.234 e. The van der Waals surface area contributed by atoms with E-state index >= 15 is 0 Å². The molecule has 0 aromatic heterocycles. The first-order valence-electron chi connectivity index (χ1n) is 6.44. The average molecular weight is 232 g/mol. The van der Waals surface area contributed by atoms with E-state index in [1.165, 1.54) is 0 Å². The van der Waals surface area contributed by atoms with Crippen LogP contribution in [0.2, 0.25) is 0 Å². The second kappa shape index (κ2) is 8.01. The molecule has 1 aliphatic heterocycles. The molecule has 1 aliphatic rings. The van der Waals surface area contributed by atoms with Crippen LogP contribution in [0.5, 0.6) is 0 Å². The molecule has 0 aliphatic carbocycles. The quantitative estimate of drug-likeness (QED) is 0.658. The monoisotopic (exact) mass is 232 g/mol. The Morgan fingerprint density at radius 2 is 1.38 bits per heavy atom. The van der Waals surface area contributed by atoms with E-state index in [1.54, 1.807) is 0 Å². The van der Waals surface area contributed by atoms with Crippen LogP contribution >= 0.6 is 0 Å². The fourth-order valence-electron chi connectivity index (χ4n) is 1.67. The molecule has 0 N–H and O–H groups in total. The van der Waals surface area contributed by atoms with Gasteiger partial charge in [0.1, 0.15) is 0 Å². The molecule has 1 saturated heterocycles. The number of hydrogen-bond donors (Lipinski definition) is 0. The lowest BCUT2D eigenvalue weighted by Gasteiger charge is -2.32. The molecule has 0 unspecified atom stereocenters. The van der Waals surface area contributed by atoms with Crippen molar-refractivity contribution in [2.24, 2.45) is 0 Å². The van der Waals surface area contributed by atoms with Crippen molar-refractivity contribution in [3.05, 3.63) is 0 Å². The molecular formula is C12H24O4. The Bertz CT molecular complexity index is 147. The highest BCUT2D eigenvalue weighted by molar-refractivity contribution is 4.67. The van der Waals surface area contributed by atoms with E-state index in [9.17, 15) is 0 Å². The van der Waals surface area contributed by atoms with Gasteiger partial charge in [-0.2, -0.15) is 9.78 Å². The summed E-state index contributed by atoms with van der Waals surface area (Å²) < 4.78 is 0. The van der Waals surface area contributed by atoms with Gasteiger partial charge in [-0.15, -0.1) is 0 Å². The van der Waals surface area contributed by atoms with Gasteiger partial charge >= 0.3 is 0 Å². The zero-order chi connectivity index (χ0) is 11.7. The minimum atomic E-state index is -0.688. The average Bonchev–Trinajstić information content (AvgIpc) is 2.27. The molecule has 96 valence electrons. The topological polar surface area (TPSA) is 36.9 Å². The maximum Gasteiger partial charge on any atom is 0.233 e. The molecule has 4 heteroatoms. The molecule has 0 bridgehead atoms. The molecule has 0 saturated carbocycles. The van der Waals surface area contributed by atoms with Crippen LogP contribution in [-0.2, 0) is 19.6 Å². The van der Waals surface area contributed by atoms with Crippen LogP contribution in [0.1, 0.15) is 58.8 Å². The minimum absolute atomic E-state index is 0.573. The van der Waals surface area contributed by atoms with Crippen molar-refractivity contribution in [1.29, 1.82) is 0 Å². The van der Waals surface area contributed by atoms with Gasteiger partial charge in [0, 0.05) is 19.3 Å². The van der Waals surface area contributed by atoms with E-state index in [-0.39, 0.29) is 0 Å². The third-order valence-corrected chi connectivity index (χ3v) is 2.70. The summed E-state index contributed by atoms with van der Waals surface area (Å²) in [6.07, 6.45) is 6.78. The predicted octanol–water partition coefficient (Wildman–Crippen LogP) is 3.36. The van der Waals surface area contributed by atoms with Crippen molar-refractivity contribution < 1.29 is 19.6 Å². The maximum atomic E-state index is 5.43. The third-order valence-electron chi connectivity index (χ3n) is 2.70. The van der Waals surface area contributed by atoms with Crippen LogP contribution in [0, 0.1) is 0 Å². The molecule has 16 heavy (non-hydrogen) atoms. The molecule has 0 radical (unpaired) electrons. The van der Waals surface area contributed by atoms with Crippen molar-refractivity contribution in [1.82, 2.24) is 0 Å². The zero-order valence-electron chi connectivity index (χ0n) is 10.5. The van der Waals surface area contributed by atoms with Gasteiger partial charge in [0.2, 0.25) is 5.79 Å². The van der Waals surface area contributed by atoms with Crippen LogP contribution in [0.3, 0.4) is 0 Å². The van der Waals surface area contributed by atoms with Gasteiger partial charge in [-0.05, 0) is 12.8 Å². The molecule has 1 rings (SSSR count). The molecule has 1 fully saturated rings. The van der Waals surface area contributed by atoms with E-state index in [4.69, 9.17) is 19.6 Å². The van der Waals surface area contributed by atoms with Crippen molar-refractivity contribution >= 4 is 0 Å². The van der Waals surface area contributed by atoms with Gasteiger partial charge in [-0.1, -0.05) is 26.7 Å². The Morgan fingerprint density at radius 3 is 1.81 bits per heavy atom. The van der Waals surface area contributed by atoms with E-state index in [0.29, 0.717) is 13.2 Å². The summed E-state index contributed by atoms with van der Waals surface area (Å²) in [6.45, 7) is 5.45. The second-order valence-corrected chi connectivity index (χ2v) is 4.28. The van der Waals surface area contributed by atoms with Gasteiger partial charge in [-0.3, -0.25) is 0 Å². The van der Waals surface area contributed by atoms with E-state index < -0.39 is 5.79 Å². The lowest BCUT2D eigenvalue weighted by atomic mass is 10.0. The number of rotatable bonds is 6. The summed E-state index contributed by atoms with van der Waals surface area (Å²) in [5, 5.41) is 0. The lowest BCUT2D eigenvalue weighted by molar-refractivity contribution is -0.526. The number of unbranched alkanes of at least 4 members (excludes halogenated alkanes) is 2. The summed E-state index contributed by atoms with van der Waals surface area (Å²) in [5.41, 5.74) is 0. The third kappa shape index (κ3) is 4.78. The molecule has 0 atom stereocenters. The Morgan fingerprint density at radius 1 is 0.875 bits per heavy atom. The molecule has 0 aromatic rings. The Balaban J connectivity index is 2.49. The summed E-state index contributed by atoms with van der Waals surface area (Å²) in [7, 11) is 0. The van der Waals surface area contributed by atoms with Crippen LogP contribution in [0.15, 0.2) is 0 Å². The van der Waals surface area contributed by atoms with E-state index in [1.807, 2.05) is 0 Å². The highest BCUT2D eigenvalue weighted by Crippen LogP contribution is 2.29. The summed E-state index contributed by atoms with van der Waals surface area (Å²) in [6, 6.07) is 0. The van der Waals surface area contributed by atoms with Crippen LogP contribution in [-0.4, -0.2) is 19.0 Å². The first kappa shape index (κ1) is 13.9. The van der Waals surface area contributed by atoms with E-state index in [0.717, 1.165) is 44.9 Å². The van der Waals surface area contributed by atoms with Gasteiger partial charge in [0.15, 0.2) is 0 Å². The van der Waals surface area contributed by atoms with Crippen molar-refractivity contribution in [2.45, 2.75) is 64.6 Å². The van der Waals surface area contributed by atoms with Crippen LogP contribution < -0.4 is 0 Å². The fourth-order valence-corrected chi connectivity index (χ4v) is 1.67. The molecular weight excluding hydrogens is 208 g/mol. The molecule has 0 aromatic carbocycles. The SMILES string of the molecule is CCCCC1(CCCC)OOCCCOO1. The molecule has 0 amide bonds. The first-order valence-corrected chi connectivity index (χ1v) is 6.44. The van der Waals surface area contributed by atoms with Crippen molar-refractivity contribution in [3.8, 4) is 0 Å². The standard InChI is InChI=1S/C12H24O4/c1-3-5-8-12(9-6-4-2)15-13-10-7-11-14-16-12/h3-11H2,1-2H3. The summed E-state index contributed by atoms with van der Waals surface area (Å²) >= 11 is 0. The van der Waals surface area contributed by atoms with Crippen molar-refractivity contribution in [2.75, 3.05) is 13.2 Å². The first-order chi connectivity index (χ1) is 7.83. The van der Waals surface area contributed by atoms with Crippen LogP contribution in [0.25, 0.3) is 0 Å². The Kier molecular flexibility index (Phi) is 6.96. The minimum Gasteiger partial charge on any atom is -0.234 e. The van der Waals surface area contributed by atoms with Crippen molar-refractivity contribution in [3.63, 3.8) is 0 Å². The highest BCUT2D eigenvalue weighted by Gasteiger charge is 2.35. The molecule has 4 nitrogen and oxygen atoms in total. The lowest BCUT2D eigenvalue weighted by Crippen LogP contribution is -2.38. The van der Waals surface area contributed by atoms with Gasteiger partial charge in [0.05, 0.1) is 13.2 Å². The summed E-state index contributed by atoms with van der Waals surface area (Å²) in [5.74, 6) is -0.688. The molecule has 0 spiro atoms. The highest BCUT2D eigenvalue weighted by atomic mass is 17.3. The smallest absolute Gasteiger partial charge is 0.233 e. The Hall–Kier alpha value is -0.160. The fraction of sp³-hybridized carbons (Fsp3) is 1.00. The molecule has 1 heterocycles. The van der Waals surface area contributed by atoms with E-state index in [2.05, 4.69) is 13.8 Å². The maximum absolute atomic E-state index is 5.43. The second-order valence-electron chi connectivity index (χ2n) is 4.28.